The fourth-order valence-electron chi connectivity index (χ4n) is 2.77. The van der Waals surface area contributed by atoms with Crippen LogP contribution in [0.3, 0.4) is 0 Å². The number of hydrogen-bond donors (Lipinski definition) is 2. The zero-order valence-electron chi connectivity index (χ0n) is 14.6. The number of urea groups is 1. The van der Waals surface area contributed by atoms with E-state index in [1.54, 1.807) is 17.0 Å². The molecule has 0 bridgehead atoms. The number of nitrogens with one attached hydrogen (secondary N) is 2. The molecule has 0 unspecified atom stereocenters. The van der Waals surface area contributed by atoms with E-state index in [1.165, 1.54) is 12.1 Å². The van der Waals surface area contributed by atoms with Crippen molar-refractivity contribution in [2.24, 2.45) is 0 Å². The fraction of sp³-hybridized carbons (Fsp3) is 0.556. The van der Waals surface area contributed by atoms with Crippen molar-refractivity contribution in [2.45, 2.75) is 51.6 Å². The molecule has 1 heterocycles. The van der Waals surface area contributed by atoms with Gasteiger partial charge in [-0.25, -0.2) is 9.18 Å². The highest BCUT2D eigenvalue weighted by Crippen LogP contribution is 2.13. The fourth-order valence-corrected chi connectivity index (χ4v) is 2.77. The van der Waals surface area contributed by atoms with Crippen molar-refractivity contribution < 1.29 is 14.0 Å². The summed E-state index contributed by atoms with van der Waals surface area (Å²) in [6, 6.07) is 6.03. The molecule has 0 radical (unpaired) electrons. The van der Waals surface area contributed by atoms with Crippen LogP contribution in [0, 0.1) is 5.82 Å². The smallest absolute Gasteiger partial charge is 0.315 e. The van der Waals surface area contributed by atoms with E-state index < -0.39 is 0 Å². The summed E-state index contributed by atoms with van der Waals surface area (Å²) in [6.07, 6.45) is 1.67. The van der Waals surface area contributed by atoms with Gasteiger partial charge >= 0.3 is 6.03 Å². The number of hydrogen-bond acceptors (Lipinski definition) is 2. The highest BCUT2D eigenvalue weighted by atomic mass is 19.1. The average Bonchev–Trinajstić information content (AvgIpc) is 2.45. The van der Waals surface area contributed by atoms with Crippen molar-refractivity contribution in [2.75, 3.05) is 13.1 Å². The molecule has 1 aromatic rings. The van der Waals surface area contributed by atoms with Crippen molar-refractivity contribution in [3.8, 4) is 0 Å². The number of carbonyl (C=O) groups excluding carboxylic acids is 2. The number of piperidine rings is 1. The van der Waals surface area contributed by atoms with E-state index in [9.17, 15) is 14.0 Å². The van der Waals surface area contributed by atoms with E-state index in [-0.39, 0.29) is 35.8 Å². The molecule has 1 aliphatic rings. The Kier molecular flexibility index (Phi) is 5.80. The van der Waals surface area contributed by atoms with Crippen molar-refractivity contribution in [3.63, 3.8) is 0 Å². The van der Waals surface area contributed by atoms with E-state index >= 15 is 0 Å². The van der Waals surface area contributed by atoms with Gasteiger partial charge < -0.3 is 15.5 Å². The monoisotopic (exact) mass is 335 g/mol. The molecule has 0 saturated carbocycles. The summed E-state index contributed by atoms with van der Waals surface area (Å²) in [6.45, 7) is 7.00. The molecule has 1 aromatic carbocycles. The molecule has 0 atom stereocenters. The minimum absolute atomic E-state index is 0.00167. The topological polar surface area (TPSA) is 61.4 Å². The summed E-state index contributed by atoms with van der Waals surface area (Å²) < 4.78 is 13.2. The molecule has 24 heavy (non-hydrogen) atoms. The van der Waals surface area contributed by atoms with Crippen LogP contribution in [0.25, 0.3) is 0 Å². The number of benzene rings is 1. The first-order valence-corrected chi connectivity index (χ1v) is 8.34. The van der Waals surface area contributed by atoms with E-state index in [4.69, 9.17) is 0 Å². The molecule has 0 aliphatic carbocycles. The van der Waals surface area contributed by atoms with Crippen molar-refractivity contribution in [1.82, 2.24) is 15.5 Å². The minimum Gasteiger partial charge on any atom is -0.342 e. The maximum Gasteiger partial charge on any atom is 0.315 e. The van der Waals surface area contributed by atoms with E-state index in [2.05, 4.69) is 10.6 Å². The third-order valence-electron chi connectivity index (χ3n) is 3.92. The van der Waals surface area contributed by atoms with Gasteiger partial charge in [-0.1, -0.05) is 12.1 Å². The molecule has 132 valence electrons. The Balaban J connectivity index is 1.78. The van der Waals surface area contributed by atoms with Gasteiger partial charge in [-0.2, -0.15) is 0 Å². The molecular formula is C18H26FN3O2. The molecule has 2 rings (SSSR count). The number of likely N-dealkylation sites (tertiary alicyclic amines) is 1. The Morgan fingerprint density at radius 3 is 2.50 bits per heavy atom. The van der Waals surface area contributed by atoms with Crippen LogP contribution in [0.4, 0.5) is 9.18 Å². The number of halogens is 1. The Morgan fingerprint density at radius 2 is 1.92 bits per heavy atom. The molecule has 2 N–H and O–H groups in total. The maximum atomic E-state index is 13.2. The van der Waals surface area contributed by atoms with Crippen molar-refractivity contribution in [3.05, 3.63) is 35.6 Å². The molecule has 5 nitrogen and oxygen atoms in total. The molecule has 1 saturated heterocycles. The predicted molar refractivity (Wildman–Crippen MR) is 91.1 cm³/mol. The van der Waals surface area contributed by atoms with Gasteiger partial charge in [0.1, 0.15) is 5.82 Å². The maximum absolute atomic E-state index is 13.2. The summed E-state index contributed by atoms with van der Waals surface area (Å²) in [5.74, 6) is -0.328. The van der Waals surface area contributed by atoms with Gasteiger partial charge in [0.15, 0.2) is 0 Å². The van der Waals surface area contributed by atoms with Crippen LogP contribution < -0.4 is 10.6 Å². The molecule has 1 aliphatic heterocycles. The summed E-state index contributed by atoms with van der Waals surface area (Å²) in [5, 5.41) is 5.83. The number of amides is 3. The van der Waals surface area contributed by atoms with Crippen LogP contribution in [-0.2, 0) is 11.2 Å². The van der Waals surface area contributed by atoms with Gasteiger partial charge in [0, 0.05) is 24.7 Å². The average molecular weight is 335 g/mol. The molecule has 6 heteroatoms. The van der Waals surface area contributed by atoms with Crippen LogP contribution in [0.2, 0.25) is 0 Å². The van der Waals surface area contributed by atoms with Crippen molar-refractivity contribution in [1.29, 1.82) is 0 Å². The number of carbonyl (C=O) groups is 2. The molecule has 3 amide bonds. The Morgan fingerprint density at radius 1 is 1.25 bits per heavy atom. The second kappa shape index (κ2) is 7.64. The lowest BCUT2D eigenvalue weighted by Crippen LogP contribution is -2.52. The zero-order chi connectivity index (χ0) is 17.7. The predicted octanol–water partition coefficient (Wildman–Crippen LogP) is 2.46. The largest absolute Gasteiger partial charge is 0.342 e. The lowest BCUT2D eigenvalue weighted by molar-refractivity contribution is -0.131. The second-order valence-electron chi connectivity index (χ2n) is 7.31. The lowest BCUT2D eigenvalue weighted by atomic mass is 10.0. The van der Waals surface area contributed by atoms with E-state index in [0.717, 1.165) is 12.8 Å². The van der Waals surface area contributed by atoms with Crippen molar-refractivity contribution >= 4 is 11.9 Å². The van der Waals surface area contributed by atoms with Gasteiger partial charge in [0.2, 0.25) is 5.91 Å². The molecule has 1 fully saturated rings. The SMILES string of the molecule is CC(C)(C)NC(=O)NC1CCN(C(=O)Cc2cccc(F)c2)CC1. The van der Waals surface area contributed by atoms with Gasteiger partial charge in [-0.3, -0.25) is 4.79 Å². The van der Waals surface area contributed by atoms with Crippen LogP contribution in [0.15, 0.2) is 24.3 Å². The Bertz CT molecular complexity index is 590. The number of nitrogens with zero attached hydrogens (tertiary/aromatic N) is 1. The van der Waals surface area contributed by atoms with E-state index in [1.807, 2.05) is 20.8 Å². The van der Waals surface area contributed by atoms with Crippen LogP contribution in [0.1, 0.15) is 39.2 Å². The second-order valence-corrected chi connectivity index (χ2v) is 7.31. The first kappa shape index (κ1) is 18.2. The Hall–Kier alpha value is -2.11. The zero-order valence-corrected chi connectivity index (χ0v) is 14.6. The van der Waals surface area contributed by atoms with Gasteiger partial charge in [-0.15, -0.1) is 0 Å². The van der Waals surface area contributed by atoms with Gasteiger partial charge in [0.05, 0.1) is 6.42 Å². The van der Waals surface area contributed by atoms with E-state index in [0.29, 0.717) is 18.7 Å². The summed E-state index contributed by atoms with van der Waals surface area (Å²) >= 11 is 0. The molecule has 0 aromatic heterocycles. The third kappa shape index (κ3) is 5.83. The minimum atomic E-state index is -0.326. The summed E-state index contributed by atoms with van der Waals surface area (Å²) in [7, 11) is 0. The highest BCUT2D eigenvalue weighted by molar-refractivity contribution is 5.79. The normalized spacial score (nSPS) is 15.9. The first-order valence-electron chi connectivity index (χ1n) is 8.34. The molecule has 0 spiro atoms. The molecular weight excluding hydrogens is 309 g/mol. The Labute approximate surface area is 142 Å². The van der Waals surface area contributed by atoms with Gasteiger partial charge in [-0.05, 0) is 51.3 Å². The first-order chi connectivity index (χ1) is 11.2. The summed E-state index contributed by atoms with van der Waals surface area (Å²) in [4.78, 5) is 26.0. The van der Waals surface area contributed by atoms with Crippen LogP contribution in [0.5, 0.6) is 0 Å². The van der Waals surface area contributed by atoms with Crippen LogP contribution in [-0.4, -0.2) is 41.5 Å². The highest BCUT2D eigenvalue weighted by Gasteiger charge is 2.24. The standard InChI is InChI=1S/C18H26FN3O2/c1-18(2,3)21-17(24)20-15-7-9-22(10-8-15)16(23)12-13-5-4-6-14(19)11-13/h4-6,11,15H,7-10,12H2,1-3H3,(H2,20,21,24). The third-order valence-corrected chi connectivity index (χ3v) is 3.92. The quantitative estimate of drug-likeness (QED) is 0.891. The summed E-state index contributed by atoms with van der Waals surface area (Å²) in [5.41, 5.74) is 0.413. The van der Waals surface area contributed by atoms with Crippen LogP contribution >= 0.6 is 0 Å². The number of rotatable bonds is 3. The van der Waals surface area contributed by atoms with Gasteiger partial charge in [0.25, 0.3) is 0 Å². The lowest BCUT2D eigenvalue weighted by Gasteiger charge is -2.33.